The van der Waals surface area contributed by atoms with Gasteiger partial charge in [-0.25, -0.2) is 14.7 Å². The van der Waals surface area contributed by atoms with E-state index in [1.54, 1.807) is 5.38 Å². The maximum absolute atomic E-state index is 12.6. The van der Waals surface area contributed by atoms with Gasteiger partial charge in [0.1, 0.15) is 5.01 Å². The van der Waals surface area contributed by atoms with E-state index in [-0.39, 0.29) is 25.4 Å². The molecule has 0 unspecified atom stereocenters. The summed E-state index contributed by atoms with van der Waals surface area (Å²) in [5, 5.41) is 6.98. The molecule has 0 bridgehead atoms. The van der Waals surface area contributed by atoms with Gasteiger partial charge in [0.05, 0.1) is 18.7 Å². The fourth-order valence-corrected chi connectivity index (χ4v) is 4.69. The quantitative estimate of drug-likeness (QED) is 0.404. The monoisotopic (exact) mass is 468 g/mol. The zero-order valence-corrected chi connectivity index (χ0v) is 18.9. The van der Waals surface area contributed by atoms with Gasteiger partial charge in [-0.2, -0.15) is 0 Å². The first-order valence-electron chi connectivity index (χ1n) is 9.90. The van der Waals surface area contributed by atoms with Crippen molar-refractivity contribution in [2.75, 3.05) is 11.9 Å². The van der Waals surface area contributed by atoms with E-state index in [2.05, 4.69) is 10.3 Å². The Labute approximate surface area is 192 Å². The van der Waals surface area contributed by atoms with E-state index in [0.717, 1.165) is 20.2 Å². The first-order valence-corrected chi connectivity index (χ1v) is 11.7. The molecule has 10 heteroatoms. The summed E-state index contributed by atoms with van der Waals surface area (Å²) in [5.74, 6) is -1.88. The van der Waals surface area contributed by atoms with Crippen LogP contribution in [0.4, 0.5) is 10.5 Å². The van der Waals surface area contributed by atoms with Crippen molar-refractivity contribution >= 4 is 52.1 Å². The SMILES string of the molecule is Cc1ccc(NC(=O)Cc2nc(CN3C(=O)C(=O)N(CCc4cccs4)C3=O)cs2)cc1. The number of benzene rings is 1. The molecule has 1 aliphatic rings. The molecule has 2 aromatic heterocycles. The van der Waals surface area contributed by atoms with Crippen molar-refractivity contribution in [1.29, 1.82) is 0 Å². The molecule has 32 heavy (non-hydrogen) atoms. The number of aromatic nitrogens is 1. The van der Waals surface area contributed by atoms with Gasteiger partial charge in [0.25, 0.3) is 0 Å². The predicted molar refractivity (Wildman–Crippen MR) is 121 cm³/mol. The number of carbonyl (C=O) groups excluding carboxylic acids is 4. The number of thiazole rings is 1. The summed E-state index contributed by atoms with van der Waals surface area (Å²) >= 11 is 2.80. The maximum Gasteiger partial charge on any atom is 0.334 e. The first-order chi connectivity index (χ1) is 15.4. The Morgan fingerprint density at radius 3 is 2.50 bits per heavy atom. The van der Waals surface area contributed by atoms with Crippen molar-refractivity contribution in [3.63, 3.8) is 0 Å². The molecule has 5 amide bonds. The number of amides is 5. The highest BCUT2D eigenvalue weighted by molar-refractivity contribution is 7.10. The number of aryl methyl sites for hydroxylation is 1. The van der Waals surface area contributed by atoms with Crippen LogP contribution < -0.4 is 5.32 Å². The minimum Gasteiger partial charge on any atom is -0.326 e. The molecule has 1 saturated heterocycles. The van der Waals surface area contributed by atoms with Crippen LogP contribution in [0.3, 0.4) is 0 Å². The number of hydrogen-bond donors (Lipinski definition) is 1. The number of anilines is 1. The van der Waals surface area contributed by atoms with Crippen LogP contribution in [0.2, 0.25) is 0 Å². The largest absolute Gasteiger partial charge is 0.334 e. The molecule has 8 nitrogen and oxygen atoms in total. The summed E-state index contributed by atoms with van der Waals surface area (Å²) in [4.78, 5) is 56.8. The van der Waals surface area contributed by atoms with E-state index >= 15 is 0 Å². The Hall–Kier alpha value is -3.37. The molecule has 1 fully saturated rings. The summed E-state index contributed by atoms with van der Waals surface area (Å²) in [6.07, 6.45) is 0.583. The van der Waals surface area contributed by atoms with Crippen molar-refractivity contribution in [2.45, 2.75) is 26.3 Å². The van der Waals surface area contributed by atoms with Crippen molar-refractivity contribution in [3.8, 4) is 0 Å². The molecule has 3 heterocycles. The Bertz CT molecular complexity index is 1160. The van der Waals surface area contributed by atoms with E-state index < -0.39 is 17.8 Å². The van der Waals surface area contributed by atoms with E-state index in [1.807, 2.05) is 48.7 Å². The lowest BCUT2D eigenvalue weighted by atomic mass is 10.2. The van der Waals surface area contributed by atoms with Crippen LogP contribution in [-0.2, 0) is 33.8 Å². The van der Waals surface area contributed by atoms with Gasteiger partial charge in [-0.15, -0.1) is 22.7 Å². The molecule has 0 saturated carbocycles. The molecule has 0 atom stereocenters. The number of nitrogens with zero attached hydrogens (tertiary/aromatic N) is 3. The van der Waals surface area contributed by atoms with Crippen molar-refractivity contribution in [1.82, 2.24) is 14.8 Å². The van der Waals surface area contributed by atoms with E-state index in [1.165, 1.54) is 22.7 Å². The van der Waals surface area contributed by atoms with Crippen LogP contribution in [0.5, 0.6) is 0 Å². The van der Waals surface area contributed by atoms with Crippen LogP contribution in [-0.4, -0.2) is 45.1 Å². The molecule has 4 rings (SSSR count). The predicted octanol–water partition coefficient (Wildman–Crippen LogP) is 3.23. The van der Waals surface area contributed by atoms with Gasteiger partial charge < -0.3 is 5.32 Å². The lowest BCUT2D eigenvalue weighted by molar-refractivity contribution is -0.143. The third kappa shape index (κ3) is 4.92. The van der Waals surface area contributed by atoms with Crippen LogP contribution in [0.15, 0.2) is 47.2 Å². The van der Waals surface area contributed by atoms with Gasteiger partial charge in [-0.3, -0.25) is 19.3 Å². The second kappa shape index (κ2) is 9.41. The molecule has 1 aliphatic heterocycles. The smallest absolute Gasteiger partial charge is 0.326 e. The fourth-order valence-electron chi connectivity index (χ4n) is 3.21. The van der Waals surface area contributed by atoms with E-state index in [0.29, 0.717) is 22.8 Å². The number of thiophene rings is 1. The Balaban J connectivity index is 1.34. The number of imide groups is 2. The molecule has 1 aromatic carbocycles. The molecule has 3 aromatic rings. The summed E-state index contributed by atoms with van der Waals surface area (Å²) in [6, 6.07) is 10.6. The molecule has 0 aliphatic carbocycles. The van der Waals surface area contributed by atoms with E-state index in [4.69, 9.17) is 0 Å². The van der Waals surface area contributed by atoms with Crippen molar-refractivity contribution < 1.29 is 19.2 Å². The highest BCUT2D eigenvalue weighted by Gasteiger charge is 2.44. The fraction of sp³-hybridized carbons (Fsp3) is 0.227. The Kier molecular flexibility index (Phi) is 6.42. The van der Waals surface area contributed by atoms with Crippen LogP contribution >= 0.6 is 22.7 Å². The number of rotatable bonds is 8. The highest BCUT2D eigenvalue weighted by Crippen LogP contribution is 2.20. The average Bonchev–Trinajstić information content (AvgIpc) is 3.48. The molecule has 0 spiro atoms. The number of urea groups is 1. The lowest BCUT2D eigenvalue weighted by Gasteiger charge is -2.14. The minimum absolute atomic E-state index is 0.0757. The van der Waals surface area contributed by atoms with Crippen molar-refractivity contribution in [3.05, 3.63) is 68.3 Å². The molecule has 164 valence electrons. The van der Waals surface area contributed by atoms with Gasteiger partial charge in [-0.05, 0) is 30.5 Å². The molecular weight excluding hydrogens is 448 g/mol. The Morgan fingerprint density at radius 1 is 1.03 bits per heavy atom. The third-order valence-electron chi connectivity index (χ3n) is 4.86. The van der Waals surface area contributed by atoms with Crippen LogP contribution in [0, 0.1) is 6.92 Å². The highest BCUT2D eigenvalue weighted by atomic mass is 32.1. The lowest BCUT2D eigenvalue weighted by Crippen LogP contribution is -2.34. The first kappa shape index (κ1) is 21.8. The zero-order valence-electron chi connectivity index (χ0n) is 17.2. The van der Waals surface area contributed by atoms with Crippen molar-refractivity contribution in [2.24, 2.45) is 0 Å². The van der Waals surface area contributed by atoms with Gasteiger partial charge in [-0.1, -0.05) is 23.8 Å². The number of carbonyl (C=O) groups is 4. The molecular formula is C22H20N4O4S2. The van der Waals surface area contributed by atoms with Gasteiger partial charge >= 0.3 is 17.8 Å². The molecule has 1 N–H and O–H groups in total. The minimum atomic E-state index is -0.854. The Morgan fingerprint density at radius 2 is 1.78 bits per heavy atom. The second-order valence-electron chi connectivity index (χ2n) is 7.28. The van der Waals surface area contributed by atoms with E-state index in [9.17, 15) is 19.2 Å². The van der Waals surface area contributed by atoms with Gasteiger partial charge in [0.2, 0.25) is 5.91 Å². The van der Waals surface area contributed by atoms with Gasteiger partial charge in [0, 0.05) is 28.9 Å². The normalized spacial score (nSPS) is 13.8. The summed E-state index contributed by atoms with van der Waals surface area (Å²) in [7, 11) is 0. The third-order valence-corrected chi connectivity index (χ3v) is 6.70. The summed E-state index contributed by atoms with van der Waals surface area (Å²) in [6.45, 7) is 2.02. The maximum atomic E-state index is 12.6. The molecule has 0 radical (unpaired) electrons. The van der Waals surface area contributed by atoms with Crippen LogP contribution in [0.25, 0.3) is 0 Å². The topological polar surface area (TPSA) is 99.7 Å². The second-order valence-corrected chi connectivity index (χ2v) is 9.26. The average molecular weight is 469 g/mol. The standard InChI is InChI=1S/C22H20N4O4S2/c1-14-4-6-15(7-5-14)23-18(27)11-19-24-16(13-32-19)12-26-21(29)20(28)25(22(26)30)9-8-17-3-2-10-31-17/h2-7,10,13H,8-9,11-12H2,1H3,(H,23,27). The van der Waals surface area contributed by atoms with Gasteiger partial charge in [0.15, 0.2) is 0 Å². The zero-order chi connectivity index (χ0) is 22.7. The summed E-state index contributed by atoms with van der Waals surface area (Å²) < 4.78 is 0. The summed E-state index contributed by atoms with van der Waals surface area (Å²) in [5.41, 5.74) is 2.26. The van der Waals surface area contributed by atoms with Crippen LogP contribution in [0.1, 0.15) is 21.1 Å². The number of hydrogen-bond acceptors (Lipinski definition) is 7. The number of nitrogens with one attached hydrogen (secondary N) is 1.